The zero-order valence-electron chi connectivity index (χ0n) is 15.4. The molecule has 0 heterocycles. The van der Waals surface area contributed by atoms with Crippen LogP contribution in [-0.2, 0) is 11.2 Å². The van der Waals surface area contributed by atoms with E-state index in [1.807, 2.05) is 31.2 Å². The molecular formula is C19H25ClN2O4. The molecule has 3 N–H and O–H groups in total. The van der Waals surface area contributed by atoms with E-state index in [0.29, 0.717) is 35.8 Å². The molecule has 0 saturated carbocycles. The van der Waals surface area contributed by atoms with E-state index in [1.165, 1.54) is 0 Å². The van der Waals surface area contributed by atoms with Crippen LogP contribution in [0.15, 0.2) is 30.3 Å². The molecule has 142 valence electrons. The van der Waals surface area contributed by atoms with Crippen LogP contribution in [0.4, 0.5) is 11.4 Å². The molecule has 0 radical (unpaired) electrons. The van der Waals surface area contributed by atoms with Crippen LogP contribution in [0.1, 0.15) is 17.5 Å². The molecule has 0 aliphatic rings. The Hall–Kier alpha value is -2.60. The molecule has 2 aromatic rings. The van der Waals surface area contributed by atoms with E-state index >= 15 is 0 Å². The van der Waals surface area contributed by atoms with Gasteiger partial charge < -0.3 is 25.3 Å². The van der Waals surface area contributed by atoms with Crippen LogP contribution in [0.5, 0.6) is 17.2 Å². The molecule has 0 saturated heterocycles. The van der Waals surface area contributed by atoms with Gasteiger partial charge in [0.25, 0.3) is 0 Å². The smallest absolute Gasteiger partial charge is 0.224 e. The van der Waals surface area contributed by atoms with Gasteiger partial charge in [0.05, 0.1) is 21.3 Å². The topological polar surface area (TPSA) is 82.8 Å². The Balaban J connectivity index is 0.00000338. The third kappa shape index (κ3) is 5.20. The number of carbonyl (C=O) groups excluding carboxylic acids is 1. The Kier molecular flexibility index (Phi) is 8.06. The first-order valence-electron chi connectivity index (χ1n) is 7.93. The molecule has 26 heavy (non-hydrogen) atoms. The minimum Gasteiger partial charge on any atom is -0.493 e. The van der Waals surface area contributed by atoms with E-state index in [2.05, 4.69) is 5.32 Å². The second kappa shape index (κ2) is 9.77. The number of anilines is 2. The summed E-state index contributed by atoms with van der Waals surface area (Å²) in [6, 6.07) is 9.10. The third-order valence-corrected chi connectivity index (χ3v) is 3.89. The van der Waals surface area contributed by atoms with Crippen molar-refractivity contribution in [3.05, 3.63) is 41.5 Å². The van der Waals surface area contributed by atoms with E-state index in [0.717, 1.165) is 16.8 Å². The molecule has 0 spiro atoms. The molecule has 0 fully saturated rings. The first-order valence-corrected chi connectivity index (χ1v) is 7.93. The van der Waals surface area contributed by atoms with Crippen molar-refractivity contribution in [1.82, 2.24) is 0 Å². The Morgan fingerprint density at radius 1 is 1.04 bits per heavy atom. The van der Waals surface area contributed by atoms with Crippen molar-refractivity contribution in [1.29, 1.82) is 0 Å². The lowest BCUT2D eigenvalue weighted by atomic mass is 10.1. The molecule has 0 aliphatic carbocycles. The van der Waals surface area contributed by atoms with Crippen LogP contribution in [0.3, 0.4) is 0 Å². The van der Waals surface area contributed by atoms with Gasteiger partial charge in [-0.3, -0.25) is 4.79 Å². The van der Waals surface area contributed by atoms with Gasteiger partial charge in [-0.2, -0.15) is 0 Å². The van der Waals surface area contributed by atoms with Crippen molar-refractivity contribution >= 4 is 29.7 Å². The third-order valence-electron chi connectivity index (χ3n) is 3.89. The highest BCUT2D eigenvalue weighted by Crippen LogP contribution is 2.38. The van der Waals surface area contributed by atoms with Crippen LogP contribution in [0.2, 0.25) is 0 Å². The zero-order valence-corrected chi connectivity index (χ0v) is 16.2. The lowest BCUT2D eigenvalue weighted by Crippen LogP contribution is -2.13. The van der Waals surface area contributed by atoms with Gasteiger partial charge in [0.1, 0.15) is 0 Å². The minimum atomic E-state index is -0.0679. The first kappa shape index (κ1) is 21.4. The van der Waals surface area contributed by atoms with Gasteiger partial charge in [-0.15, -0.1) is 12.4 Å². The molecular weight excluding hydrogens is 356 g/mol. The number of nitrogen functional groups attached to an aromatic ring is 1. The summed E-state index contributed by atoms with van der Waals surface area (Å²) in [7, 11) is 4.69. The summed E-state index contributed by atoms with van der Waals surface area (Å²) < 4.78 is 16.0. The molecule has 2 aromatic carbocycles. The lowest BCUT2D eigenvalue weighted by molar-refractivity contribution is -0.116. The van der Waals surface area contributed by atoms with Crippen LogP contribution in [-0.4, -0.2) is 27.2 Å². The molecule has 0 aliphatic heterocycles. The van der Waals surface area contributed by atoms with Crippen LogP contribution in [0.25, 0.3) is 0 Å². The maximum Gasteiger partial charge on any atom is 0.224 e. The number of halogens is 1. The normalized spacial score (nSPS) is 9.85. The van der Waals surface area contributed by atoms with Crippen molar-refractivity contribution in [2.75, 3.05) is 32.4 Å². The lowest BCUT2D eigenvalue weighted by Gasteiger charge is -2.14. The van der Waals surface area contributed by atoms with Gasteiger partial charge in [0.15, 0.2) is 11.5 Å². The monoisotopic (exact) mass is 380 g/mol. The molecule has 0 bridgehead atoms. The number of nitrogens with two attached hydrogens (primary N) is 1. The number of hydrogen-bond acceptors (Lipinski definition) is 5. The van der Waals surface area contributed by atoms with Gasteiger partial charge in [-0.25, -0.2) is 0 Å². The zero-order chi connectivity index (χ0) is 18.4. The van der Waals surface area contributed by atoms with Crippen LogP contribution in [0, 0.1) is 6.92 Å². The molecule has 0 unspecified atom stereocenters. The van der Waals surface area contributed by atoms with Gasteiger partial charge >= 0.3 is 0 Å². The van der Waals surface area contributed by atoms with E-state index in [9.17, 15) is 4.79 Å². The van der Waals surface area contributed by atoms with E-state index in [4.69, 9.17) is 19.9 Å². The quantitative estimate of drug-likeness (QED) is 0.717. The summed E-state index contributed by atoms with van der Waals surface area (Å²) in [6.07, 6.45) is 0.888. The highest BCUT2D eigenvalue weighted by atomic mass is 35.5. The van der Waals surface area contributed by atoms with Crippen molar-refractivity contribution in [2.45, 2.75) is 19.8 Å². The Bertz CT molecular complexity index is 740. The second-order valence-corrected chi connectivity index (χ2v) is 5.66. The molecule has 2 rings (SSSR count). The number of carbonyl (C=O) groups is 1. The number of benzene rings is 2. The molecule has 1 amide bonds. The molecule has 7 heteroatoms. The Morgan fingerprint density at radius 2 is 1.65 bits per heavy atom. The van der Waals surface area contributed by atoms with Crippen LogP contribution < -0.4 is 25.3 Å². The molecule has 6 nitrogen and oxygen atoms in total. The fraction of sp³-hybridized carbons (Fsp3) is 0.316. The Morgan fingerprint density at radius 3 is 2.15 bits per heavy atom. The fourth-order valence-corrected chi connectivity index (χ4v) is 2.58. The maximum atomic E-state index is 12.2. The number of amides is 1. The second-order valence-electron chi connectivity index (χ2n) is 5.66. The number of rotatable bonds is 7. The van der Waals surface area contributed by atoms with Gasteiger partial charge in [0.2, 0.25) is 11.7 Å². The van der Waals surface area contributed by atoms with Gasteiger partial charge in [0, 0.05) is 17.8 Å². The number of nitrogens with one attached hydrogen (secondary N) is 1. The number of ether oxygens (including phenoxy) is 3. The summed E-state index contributed by atoms with van der Waals surface area (Å²) in [4.78, 5) is 12.2. The van der Waals surface area contributed by atoms with Crippen molar-refractivity contribution in [3.8, 4) is 17.2 Å². The van der Waals surface area contributed by atoms with Gasteiger partial charge in [-0.1, -0.05) is 0 Å². The predicted molar refractivity (Wildman–Crippen MR) is 106 cm³/mol. The summed E-state index contributed by atoms with van der Waals surface area (Å²) in [5.41, 5.74) is 9.03. The van der Waals surface area contributed by atoms with E-state index < -0.39 is 0 Å². The summed E-state index contributed by atoms with van der Waals surface area (Å²) in [5, 5.41) is 2.91. The molecule has 0 atom stereocenters. The maximum absolute atomic E-state index is 12.2. The van der Waals surface area contributed by atoms with E-state index in [1.54, 1.807) is 27.4 Å². The highest BCUT2D eigenvalue weighted by Gasteiger charge is 2.14. The summed E-state index contributed by atoms with van der Waals surface area (Å²) >= 11 is 0. The first-order chi connectivity index (χ1) is 12.0. The Labute approximate surface area is 160 Å². The number of methoxy groups -OCH3 is 3. The number of aryl methyl sites for hydroxylation is 2. The van der Waals surface area contributed by atoms with Crippen LogP contribution >= 0.6 is 12.4 Å². The van der Waals surface area contributed by atoms with E-state index in [-0.39, 0.29) is 18.3 Å². The standard InChI is InChI=1S/C19H24N2O4.ClH/c1-12-9-14(20)6-7-15(12)21-18(22)8-5-13-10-16(23-2)19(25-4)17(11-13)24-3;/h6-7,9-11H,5,8,20H2,1-4H3,(H,21,22);1H. The SMILES string of the molecule is COc1cc(CCC(=O)Nc2ccc(N)cc2C)cc(OC)c1OC.Cl. The fourth-order valence-electron chi connectivity index (χ4n) is 2.58. The average molecular weight is 381 g/mol. The van der Waals surface area contributed by atoms with Crippen molar-refractivity contribution in [2.24, 2.45) is 0 Å². The largest absolute Gasteiger partial charge is 0.493 e. The van der Waals surface area contributed by atoms with Gasteiger partial charge in [-0.05, 0) is 54.8 Å². The minimum absolute atomic E-state index is 0. The average Bonchev–Trinajstić information content (AvgIpc) is 2.61. The van der Waals surface area contributed by atoms with Crippen molar-refractivity contribution < 1.29 is 19.0 Å². The van der Waals surface area contributed by atoms with Crippen molar-refractivity contribution in [3.63, 3.8) is 0 Å². The summed E-state index contributed by atoms with van der Waals surface area (Å²) in [6.45, 7) is 1.91. The predicted octanol–water partition coefficient (Wildman–Crippen LogP) is 3.60. The highest BCUT2D eigenvalue weighted by molar-refractivity contribution is 5.91. The summed E-state index contributed by atoms with van der Waals surface area (Å²) in [5.74, 6) is 1.62. The number of hydrogen-bond donors (Lipinski definition) is 2. The molecule has 0 aromatic heterocycles.